The number of amides is 2. The van der Waals surface area contributed by atoms with Gasteiger partial charge in [0.25, 0.3) is 11.8 Å². The summed E-state index contributed by atoms with van der Waals surface area (Å²) in [6.45, 7) is 0.0829. The lowest BCUT2D eigenvalue weighted by Gasteiger charge is -2.19. The van der Waals surface area contributed by atoms with Crippen molar-refractivity contribution in [3.63, 3.8) is 0 Å². The predicted octanol–water partition coefficient (Wildman–Crippen LogP) is 4.88. The zero-order valence-electron chi connectivity index (χ0n) is 16.3. The fraction of sp³-hybridized carbons (Fsp3) is 0.130. The van der Waals surface area contributed by atoms with Gasteiger partial charge in [-0.05, 0) is 54.1 Å². The van der Waals surface area contributed by atoms with Crippen molar-refractivity contribution in [3.05, 3.63) is 94.2 Å². The van der Waals surface area contributed by atoms with Crippen LogP contribution in [0.15, 0.2) is 77.3 Å². The molecule has 0 aliphatic carbocycles. The molecule has 0 aliphatic rings. The van der Waals surface area contributed by atoms with Crippen LogP contribution >= 0.6 is 15.9 Å². The Hall–Kier alpha value is -3.19. The van der Waals surface area contributed by atoms with Crippen LogP contribution in [-0.4, -0.2) is 30.4 Å². The fourth-order valence-electron chi connectivity index (χ4n) is 2.78. The molecule has 2 amide bonds. The highest BCUT2D eigenvalue weighted by Gasteiger charge is 2.17. The third-order valence-electron chi connectivity index (χ3n) is 4.28. The Morgan fingerprint density at radius 3 is 2.37 bits per heavy atom. The Morgan fingerprint density at radius 1 is 1.00 bits per heavy atom. The minimum atomic E-state index is -0.334. The van der Waals surface area contributed by atoms with Crippen LogP contribution in [-0.2, 0) is 11.3 Å². The zero-order valence-corrected chi connectivity index (χ0v) is 17.9. The Bertz CT molecular complexity index is 1020. The molecule has 0 saturated carbocycles. The van der Waals surface area contributed by atoms with Gasteiger partial charge in [-0.3, -0.25) is 9.59 Å². The quantitative estimate of drug-likeness (QED) is 0.535. The lowest BCUT2D eigenvalue weighted by Crippen LogP contribution is -2.27. The monoisotopic (exact) mass is 470 g/mol. The van der Waals surface area contributed by atoms with Gasteiger partial charge in [-0.15, -0.1) is 0 Å². The maximum absolute atomic E-state index is 13.1. The average molecular weight is 471 g/mol. The maximum Gasteiger partial charge on any atom is 0.262 e. The highest BCUT2D eigenvalue weighted by molar-refractivity contribution is 9.10. The number of halogens is 2. The number of hydrogen-bond donors (Lipinski definition) is 1. The molecule has 5 nitrogen and oxygen atoms in total. The van der Waals surface area contributed by atoms with Gasteiger partial charge in [-0.1, -0.05) is 40.2 Å². The van der Waals surface area contributed by atoms with Crippen LogP contribution in [0.2, 0.25) is 0 Å². The molecule has 30 heavy (non-hydrogen) atoms. The number of nitrogens with zero attached hydrogens (tertiary/aromatic N) is 1. The summed E-state index contributed by atoms with van der Waals surface area (Å²) >= 11 is 3.34. The predicted molar refractivity (Wildman–Crippen MR) is 117 cm³/mol. The SMILES string of the molecule is CN(Cc1ccc(F)cc1)C(=O)c1ccccc1OCC(=O)Nc1ccc(Br)cc1. The Morgan fingerprint density at radius 2 is 1.67 bits per heavy atom. The molecule has 3 rings (SSSR count). The number of benzene rings is 3. The molecule has 1 N–H and O–H groups in total. The third kappa shape index (κ3) is 5.90. The number of para-hydroxylation sites is 1. The van der Waals surface area contributed by atoms with E-state index in [-0.39, 0.29) is 24.2 Å². The standard InChI is InChI=1S/C23H20BrFN2O3/c1-27(14-16-6-10-18(25)11-7-16)23(29)20-4-2-3-5-21(20)30-15-22(28)26-19-12-8-17(24)9-13-19/h2-13H,14-15H2,1H3,(H,26,28). The largest absolute Gasteiger partial charge is 0.483 e. The Kier molecular flexibility index (Phi) is 7.19. The van der Waals surface area contributed by atoms with Crippen molar-refractivity contribution < 1.29 is 18.7 Å². The van der Waals surface area contributed by atoms with Crippen molar-refractivity contribution in [2.24, 2.45) is 0 Å². The van der Waals surface area contributed by atoms with E-state index in [1.807, 2.05) is 12.1 Å². The second kappa shape index (κ2) is 10.0. The van der Waals surface area contributed by atoms with Crippen LogP contribution < -0.4 is 10.1 Å². The lowest BCUT2D eigenvalue weighted by atomic mass is 10.1. The lowest BCUT2D eigenvalue weighted by molar-refractivity contribution is -0.118. The molecule has 7 heteroatoms. The van der Waals surface area contributed by atoms with Gasteiger partial charge in [-0.25, -0.2) is 4.39 Å². The van der Waals surface area contributed by atoms with Crippen molar-refractivity contribution >= 4 is 33.4 Å². The van der Waals surface area contributed by atoms with Gasteiger partial charge in [0.2, 0.25) is 0 Å². The van der Waals surface area contributed by atoms with E-state index < -0.39 is 0 Å². The number of carbonyl (C=O) groups excluding carboxylic acids is 2. The van der Waals surface area contributed by atoms with Gasteiger partial charge in [-0.2, -0.15) is 0 Å². The number of carbonyl (C=O) groups is 2. The zero-order chi connectivity index (χ0) is 21.5. The molecule has 0 saturated heterocycles. The number of anilines is 1. The number of ether oxygens (including phenoxy) is 1. The third-order valence-corrected chi connectivity index (χ3v) is 4.81. The van der Waals surface area contributed by atoms with E-state index in [0.717, 1.165) is 10.0 Å². The minimum absolute atomic E-state index is 0.234. The molecule has 0 aromatic heterocycles. The topological polar surface area (TPSA) is 58.6 Å². The summed E-state index contributed by atoms with van der Waals surface area (Å²) < 4.78 is 19.6. The summed E-state index contributed by atoms with van der Waals surface area (Å²) in [5.74, 6) is -0.602. The first-order valence-electron chi connectivity index (χ1n) is 9.19. The number of nitrogens with one attached hydrogen (secondary N) is 1. The summed E-state index contributed by atoms with van der Waals surface area (Å²) in [6.07, 6.45) is 0. The first kappa shape index (κ1) is 21.5. The van der Waals surface area contributed by atoms with Gasteiger partial charge in [0.1, 0.15) is 11.6 Å². The van der Waals surface area contributed by atoms with E-state index in [2.05, 4.69) is 21.2 Å². The number of rotatable bonds is 7. The van der Waals surface area contributed by atoms with Crippen LogP contribution in [0.3, 0.4) is 0 Å². The van der Waals surface area contributed by atoms with E-state index in [1.165, 1.54) is 17.0 Å². The van der Waals surface area contributed by atoms with Gasteiger partial charge in [0.05, 0.1) is 5.56 Å². The van der Waals surface area contributed by atoms with Crippen LogP contribution in [0.5, 0.6) is 5.75 Å². The van der Waals surface area contributed by atoms with Crippen LogP contribution in [0.25, 0.3) is 0 Å². The molecular formula is C23H20BrFN2O3. The minimum Gasteiger partial charge on any atom is -0.483 e. The van der Waals surface area contributed by atoms with Crippen molar-refractivity contribution in [1.29, 1.82) is 0 Å². The average Bonchev–Trinajstić information content (AvgIpc) is 2.75. The van der Waals surface area contributed by atoms with Crippen molar-refractivity contribution in [3.8, 4) is 5.75 Å². The fourth-order valence-corrected chi connectivity index (χ4v) is 3.05. The van der Waals surface area contributed by atoms with Crippen molar-refractivity contribution in [2.45, 2.75) is 6.54 Å². The molecule has 0 unspecified atom stereocenters. The van der Waals surface area contributed by atoms with Gasteiger partial charge in [0, 0.05) is 23.8 Å². The van der Waals surface area contributed by atoms with E-state index in [1.54, 1.807) is 55.6 Å². The van der Waals surface area contributed by atoms with Crippen molar-refractivity contribution in [1.82, 2.24) is 4.90 Å². The van der Waals surface area contributed by atoms with Gasteiger partial charge in [0.15, 0.2) is 6.61 Å². The summed E-state index contributed by atoms with van der Waals surface area (Å²) in [7, 11) is 1.66. The molecule has 3 aromatic rings. The molecule has 3 aromatic carbocycles. The van der Waals surface area contributed by atoms with Crippen LogP contribution in [0, 0.1) is 5.82 Å². The van der Waals surface area contributed by atoms with E-state index in [9.17, 15) is 14.0 Å². The van der Waals surface area contributed by atoms with Crippen molar-refractivity contribution in [2.75, 3.05) is 19.0 Å². The summed E-state index contributed by atoms with van der Waals surface area (Å²) in [5.41, 5.74) is 1.80. The molecule has 0 spiro atoms. The van der Waals surface area contributed by atoms with Gasteiger partial charge >= 0.3 is 0 Å². The normalized spacial score (nSPS) is 10.4. The smallest absolute Gasteiger partial charge is 0.262 e. The van der Waals surface area contributed by atoms with Gasteiger partial charge < -0.3 is 15.0 Å². The maximum atomic E-state index is 13.1. The Labute approximate surface area is 182 Å². The molecule has 0 radical (unpaired) electrons. The van der Waals surface area contributed by atoms with Crippen LogP contribution in [0.1, 0.15) is 15.9 Å². The molecule has 0 heterocycles. The molecule has 0 fully saturated rings. The molecular weight excluding hydrogens is 451 g/mol. The van der Waals surface area contributed by atoms with E-state index in [0.29, 0.717) is 23.5 Å². The second-order valence-electron chi connectivity index (χ2n) is 6.63. The molecule has 0 bridgehead atoms. The first-order valence-corrected chi connectivity index (χ1v) is 9.99. The molecule has 0 atom stereocenters. The summed E-state index contributed by atoms with van der Waals surface area (Å²) in [4.78, 5) is 26.6. The number of hydrogen-bond acceptors (Lipinski definition) is 3. The van der Waals surface area contributed by atoms with Crippen LogP contribution in [0.4, 0.5) is 10.1 Å². The second-order valence-corrected chi connectivity index (χ2v) is 7.54. The molecule has 154 valence electrons. The highest BCUT2D eigenvalue weighted by Crippen LogP contribution is 2.21. The Balaban J connectivity index is 1.62. The molecule has 0 aliphatic heterocycles. The summed E-state index contributed by atoms with van der Waals surface area (Å²) in [6, 6.07) is 19.9. The van der Waals surface area contributed by atoms with E-state index in [4.69, 9.17) is 4.74 Å². The van der Waals surface area contributed by atoms with E-state index >= 15 is 0 Å². The highest BCUT2D eigenvalue weighted by atomic mass is 79.9. The summed E-state index contributed by atoms with van der Waals surface area (Å²) in [5, 5.41) is 2.74. The first-order chi connectivity index (χ1) is 14.4.